The summed E-state index contributed by atoms with van der Waals surface area (Å²) in [5.41, 5.74) is 5.46. The van der Waals surface area contributed by atoms with Gasteiger partial charge in [0.25, 0.3) is 0 Å². The summed E-state index contributed by atoms with van der Waals surface area (Å²) in [6.45, 7) is 1.64. The molecular weight excluding hydrogens is 211 g/mol. The zero-order valence-corrected chi connectivity index (χ0v) is 8.64. The van der Waals surface area contributed by atoms with Gasteiger partial charge in [0.2, 0.25) is 0 Å². The number of hydrogen-bond acceptors (Lipinski definition) is 3. The lowest BCUT2D eigenvalue weighted by Crippen LogP contribution is -2.32. The lowest BCUT2D eigenvalue weighted by atomic mass is 10.1. The highest BCUT2D eigenvalue weighted by molar-refractivity contribution is 5.75. The Balaban J connectivity index is 3.62. The largest absolute Gasteiger partial charge is 0.490 e. The average molecular weight is 227 g/mol. The quantitative estimate of drug-likeness (QED) is 0.557. The van der Waals surface area contributed by atoms with Gasteiger partial charge in [-0.2, -0.15) is 13.2 Å². The summed E-state index contributed by atoms with van der Waals surface area (Å²) in [4.78, 5) is 10.3. The Morgan fingerprint density at radius 3 is 2.47 bits per heavy atom. The Kier molecular flexibility index (Phi) is 6.31. The number of esters is 1. The number of halogens is 3. The maximum atomic E-state index is 11.7. The third-order valence-corrected chi connectivity index (χ3v) is 1.84. The summed E-state index contributed by atoms with van der Waals surface area (Å²) >= 11 is 0. The van der Waals surface area contributed by atoms with Gasteiger partial charge in [-0.1, -0.05) is 26.2 Å². The first-order valence-electron chi connectivity index (χ1n) is 4.87. The van der Waals surface area contributed by atoms with E-state index in [-0.39, 0.29) is 6.61 Å². The van der Waals surface area contributed by atoms with Crippen molar-refractivity contribution in [1.29, 1.82) is 0 Å². The van der Waals surface area contributed by atoms with Gasteiger partial charge in [-0.25, -0.2) is 4.79 Å². The van der Waals surface area contributed by atoms with Crippen LogP contribution in [0.25, 0.3) is 0 Å². The number of nitrogens with two attached hydrogens (primary N) is 1. The van der Waals surface area contributed by atoms with Crippen LogP contribution in [-0.2, 0) is 9.53 Å². The van der Waals surface area contributed by atoms with E-state index in [4.69, 9.17) is 5.73 Å². The first kappa shape index (κ1) is 14.2. The van der Waals surface area contributed by atoms with Crippen molar-refractivity contribution < 1.29 is 22.7 Å². The second-order valence-electron chi connectivity index (χ2n) is 3.35. The van der Waals surface area contributed by atoms with E-state index in [0.717, 1.165) is 19.3 Å². The molecule has 0 rings (SSSR count). The smallest absolute Gasteiger partial charge is 0.457 e. The molecule has 0 fully saturated rings. The molecule has 0 saturated heterocycles. The first-order valence-corrected chi connectivity index (χ1v) is 4.87. The molecule has 0 amide bonds. The number of unbranched alkanes of at least 4 members (excludes halogenated alkanes) is 2. The molecule has 2 N–H and O–H groups in total. The molecule has 0 aromatic carbocycles. The van der Waals surface area contributed by atoms with Gasteiger partial charge in [-0.15, -0.1) is 0 Å². The molecule has 15 heavy (non-hydrogen) atoms. The Labute approximate surface area is 86.8 Å². The summed E-state index contributed by atoms with van der Waals surface area (Å²) in [6, 6.07) is -0.511. The van der Waals surface area contributed by atoms with Crippen molar-refractivity contribution in [2.75, 3.05) is 6.61 Å². The topological polar surface area (TPSA) is 52.3 Å². The van der Waals surface area contributed by atoms with Gasteiger partial charge in [-0.05, 0) is 6.42 Å². The SMILES string of the molecule is CCCCCC(N)COC(=O)C(F)(F)F. The molecule has 0 aromatic rings. The van der Waals surface area contributed by atoms with Crippen molar-refractivity contribution in [2.24, 2.45) is 5.73 Å². The van der Waals surface area contributed by atoms with Crippen LogP contribution in [-0.4, -0.2) is 24.8 Å². The third kappa shape index (κ3) is 7.18. The fraction of sp³-hybridized carbons (Fsp3) is 0.889. The van der Waals surface area contributed by atoms with E-state index in [1.807, 2.05) is 6.92 Å². The van der Waals surface area contributed by atoms with Gasteiger partial charge in [0.1, 0.15) is 6.61 Å². The Bertz CT molecular complexity index is 194. The fourth-order valence-corrected chi connectivity index (χ4v) is 1.00. The Hall–Kier alpha value is -0.780. The molecule has 90 valence electrons. The second kappa shape index (κ2) is 6.66. The lowest BCUT2D eigenvalue weighted by Gasteiger charge is -2.12. The molecule has 0 saturated carbocycles. The summed E-state index contributed by atoms with van der Waals surface area (Å²) in [6.07, 6.45) is -1.54. The number of carbonyl (C=O) groups is 1. The van der Waals surface area contributed by atoms with Crippen LogP contribution in [0.1, 0.15) is 32.6 Å². The van der Waals surface area contributed by atoms with Crippen LogP contribution in [0.3, 0.4) is 0 Å². The minimum absolute atomic E-state index is 0.373. The maximum Gasteiger partial charge on any atom is 0.490 e. The molecule has 0 aliphatic heterocycles. The van der Waals surface area contributed by atoms with Crippen molar-refractivity contribution in [3.63, 3.8) is 0 Å². The van der Waals surface area contributed by atoms with Gasteiger partial charge in [0, 0.05) is 6.04 Å². The minimum Gasteiger partial charge on any atom is -0.457 e. The number of ether oxygens (including phenoxy) is 1. The number of hydrogen-bond donors (Lipinski definition) is 1. The third-order valence-electron chi connectivity index (χ3n) is 1.84. The molecule has 0 aliphatic rings. The summed E-state index contributed by atoms with van der Waals surface area (Å²) in [5, 5.41) is 0. The zero-order valence-electron chi connectivity index (χ0n) is 8.64. The minimum atomic E-state index is -4.93. The van der Waals surface area contributed by atoms with Gasteiger partial charge in [-0.3, -0.25) is 0 Å². The van der Waals surface area contributed by atoms with Crippen molar-refractivity contribution in [2.45, 2.75) is 44.8 Å². The molecule has 0 aromatic heterocycles. The molecular formula is C9H16F3NO2. The van der Waals surface area contributed by atoms with Crippen LogP contribution < -0.4 is 5.73 Å². The van der Waals surface area contributed by atoms with Crippen molar-refractivity contribution >= 4 is 5.97 Å². The van der Waals surface area contributed by atoms with E-state index in [0.29, 0.717) is 6.42 Å². The van der Waals surface area contributed by atoms with Gasteiger partial charge in [0.05, 0.1) is 0 Å². The van der Waals surface area contributed by atoms with Crippen LogP contribution in [0.5, 0.6) is 0 Å². The van der Waals surface area contributed by atoms with Crippen LogP contribution in [0, 0.1) is 0 Å². The first-order chi connectivity index (χ1) is 6.88. The van der Waals surface area contributed by atoms with Crippen LogP contribution in [0.15, 0.2) is 0 Å². The van der Waals surface area contributed by atoms with E-state index < -0.39 is 18.2 Å². The molecule has 1 unspecified atom stereocenters. The van der Waals surface area contributed by atoms with Crippen LogP contribution in [0.2, 0.25) is 0 Å². The number of rotatable bonds is 6. The Morgan fingerprint density at radius 2 is 2.00 bits per heavy atom. The molecule has 0 spiro atoms. The predicted octanol–water partition coefficient (Wildman–Crippen LogP) is 2.00. The summed E-state index contributed by atoms with van der Waals surface area (Å²) in [7, 11) is 0. The van der Waals surface area contributed by atoms with E-state index in [9.17, 15) is 18.0 Å². The predicted molar refractivity (Wildman–Crippen MR) is 49.1 cm³/mol. The van der Waals surface area contributed by atoms with Gasteiger partial charge < -0.3 is 10.5 Å². The van der Waals surface area contributed by atoms with Crippen molar-refractivity contribution in [1.82, 2.24) is 0 Å². The Morgan fingerprint density at radius 1 is 1.40 bits per heavy atom. The normalized spacial score (nSPS) is 13.7. The molecule has 3 nitrogen and oxygen atoms in total. The molecule has 0 aliphatic carbocycles. The van der Waals surface area contributed by atoms with Gasteiger partial charge in [0.15, 0.2) is 0 Å². The standard InChI is InChI=1S/C9H16F3NO2/c1-2-3-4-5-7(13)6-15-8(14)9(10,11)12/h7H,2-6,13H2,1H3. The summed E-state index contributed by atoms with van der Waals surface area (Å²) in [5.74, 6) is -2.17. The van der Waals surface area contributed by atoms with E-state index in [2.05, 4.69) is 4.74 Å². The maximum absolute atomic E-state index is 11.7. The van der Waals surface area contributed by atoms with Crippen molar-refractivity contribution in [3.05, 3.63) is 0 Å². The highest BCUT2D eigenvalue weighted by atomic mass is 19.4. The van der Waals surface area contributed by atoms with Crippen LogP contribution >= 0.6 is 0 Å². The zero-order chi connectivity index (χ0) is 11.9. The highest BCUT2D eigenvalue weighted by Gasteiger charge is 2.41. The van der Waals surface area contributed by atoms with Crippen molar-refractivity contribution in [3.8, 4) is 0 Å². The van der Waals surface area contributed by atoms with E-state index >= 15 is 0 Å². The average Bonchev–Trinajstić information content (AvgIpc) is 2.13. The second-order valence-corrected chi connectivity index (χ2v) is 3.35. The monoisotopic (exact) mass is 227 g/mol. The van der Waals surface area contributed by atoms with Crippen LogP contribution in [0.4, 0.5) is 13.2 Å². The molecule has 6 heteroatoms. The van der Waals surface area contributed by atoms with E-state index in [1.165, 1.54) is 0 Å². The van der Waals surface area contributed by atoms with Gasteiger partial charge >= 0.3 is 12.1 Å². The number of carbonyl (C=O) groups excluding carboxylic acids is 1. The van der Waals surface area contributed by atoms with E-state index in [1.54, 1.807) is 0 Å². The molecule has 0 radical (unpaired) electrons. The fourth-order valence-electron chi connectivity index (χ4n) is 1.00. The lowest BCUT2D eigenvalue weighted by molar-refractivity contribution is -0.200. The summed E-state index contributed by atoms with van der Waals surface area (Å²) < 4.78 is 39.1. The highest BCUT2D eigenvalue weighted by Crippen LogP contribution is 2.16. The molecule has 0 bridgehead atoms. The molecule has 1 atom stereocenters. The molecule has 0 heterocycles. The number of alkyl halides is 3.